The van der Waals surface area contributed by atoms with Crippen LogP contribution in [-0.4, -0.2) is 55.2 Å². The summed E-state index contributed by atoms with van der Waals surface area (Å²) in [6.45, 7) is 1.31. The van der Waals surface area contributed by atoms with Crippen molar-refractivity contribution in [1.82, 2.24) is 35.2 Å². The average Bonchev–Trinajstić information content (AvgIpc) is 2.98. The molecule has 0 aliphatic rings. The number of methoxy groups -OCH3 is 1. The first kappa shape index (κ1) is 17.2. The Morgan fingerprint density at radius 2 is 2.04 bits per heavy atom. The molecule has 2 aromatic heterocycles. The van der Waals surface area contributed by atoms with E-state index in [0.29, 0.717) is 0 Å². The first-order chi connectivity index (χ1) is 11.3. The first-order valence-electron chi connectivity index (χ1n) is 6.74. The van der Waals surface area contributed by atoms with Crippen LogP contribution >= 0.6 is 0 Å². The summed E-state index contributed by atoms with van der Waals surface area (Å²) >= 11 is 0. The van der Waals surface area contributed by atoms with Crippen molar-refractivity contribution >= 4 is 23.2 Å². The number of carbonyl (C=O) groups is 3. The van der Waals surface area contributed by atoms with Crippen LogP contribution in [0, 0.1) is 0 Å². The Balaban J connectivity index is 2.11. The molecule has 0 aromatic carbocycles. The fourth-order valence-electron chi connectivity index (χ4n) is 1.84. The Bertz CT molecular complexity index is 855. The van der Waals surface area contributed by atoms with Crippen LogP contribution in [0.2, 0.25) is 0 Å². The molecule has 2 amide bonds. The minimum atomic E-state index is -1.03. The van der Waals surface area contributed by atoms with Crippen LogP contribution in [0.1, 0.15) is 23.8 Å². The topological polar surface area (TPSA) is 150 Å². The zero-order chi connectivity index (χ0) is 17.9. The summed E-state index contributed by atoms with van der Waals surface area (Å²) in [5, 5.41) is 7.27. The van der Waals surface area contributed by atoms with E-state index in [9.17, 15) is 19.2 Å². The highest BCUT2D eigenvalue weighted by atomic mass is 16.5. The van der Waals surface area contributed by atoms with Crippen molar-refractivity contribution in [3.8, 4) is 0 Å². The van der Waals surface area contributed by atoms with Crippen molar-refractivity contribution in [2.75, 3.05) is 7.11 Å². The Hall–Kier alpha value is -3.15. The number of carbonyl (C=O) groups excluding carboxylic acids is 3. The van der Waals surface area contributed by atoms with E-state index in [0.717, 1.165) is 15.4 Å². The van der Waals surface area contributed by atoms with Gasteiger partial charge in [-0.15, -0.1) is 5.10 Å². The molecule has 0 saturated carbocycles. The van der Waals surface area contributed by atoms with Gasteiger partial charge in [0.1, 0.15) is 18.2 Å². The summed E-state index contributed by atoms with van der Waals surface area (Å²) in [4.78, 5) is 50.5. The van der Waals surface area contributed by atoms with E-state index in [-0.39, 0.29) is 23.5 Å². The second kappa shape index (κ2) is 6.95. The van der Waals surface area contributed by atoms with E-state index in [2.05, 4.69) is 26.1 Å². The quantitative estimate of drug-likeness (QED) is 0.572. The summed E-state index contributed by atoms with van der Waals surface area (Å²) in [6.07, 6.45) is -0.0437. The first-order valence-corrected chi connectivity index (χ1v) is 6.74. The van der Waals surface area contributed by atoms with Crippen molar-refractivity contribution in [3.05, 3.63) is 22.5 Å². The molecule has 0 fully saturated rings. The van der Waals surface area contributed by atoms with Gasteiger partial charge in [0.2, 0.25) is 0 Å². The summed E-state index contributed by atoms with van der Waals surface area (Å²) < 4.78 is 6.89. The summed E-state index contributed by atoms with van der Waals surface area (Å²) in [5.74, 6) is -1.74. The van der Waals surface area contributed by atoms with Gasteiger partial charge >= 0.3 is 5.69 Å². The molecule has 2 heterocycles. The number of ketones is 1. The van der Waals surface area contributed by atoms with Gasteiger partial charge < -0.3 is 4.74 Å². The lowest BCUT2D eigenvalue weighted by molar-refractivity contribution is -0.135. The summed E-state index contributed by atoms with van der Waals surface area (Å²) in [6, 6.07) is 0. The van der Waals surface area contributed by atoms with Gasteiger partial charge in [0.25, 0.3) is 11.8 Å². The number of Topliss-reactive ketones (excluding diaryl/α,β-unsaturated/α-hetero) is 1. The highest BCUT2D eigenvalue weighted by molar-refractivity contribution is 5.99. The second-order valence-corrected chi connectivity index (χ2v) is 4.86. The van der Waals surface area contributed by atoms with Gasteiger partial charge in [-0.1, -0.05) is 5.21 Å². The molecule has 12 heteroatoms. The number of hydrogen-bond donors (Lipinski definition) is 2. The third-order valence-corrected chi connectivity index (χ3v) is 3.06. The van der Waals surface area contributed by atoms with E-state index >= 15 is 0 Å². The number of nitrogens with one attached hydrogen (secondary N) is 2. The van der Waals surface area contributed by atoms with E-state index in [1.165, 1.54) is 21.1 Å². The van der Waals surface area contributed by atoms with Crippen LogP contribution in [0.15, 0.2) is 11.1 Å². The third-order valence-electron chi connectivity index (χ3n) is 3.06. The zero-order valence-electron chi connectivity index (χ0n) is 13.1. The van der Waals surface area contributed by atoms with Crippen molar-refractivity contribution in [2.45, 2.75) is 19.4 Å². The molecule has 1 unspecified atom stereocenters. The predicted octanol–water partition coefficient (Wildman–Crippen LogP) is -2.42. The van der Waals surface area contributed by atoms with Crippen LogP contribution < -0.4 is 16.5 Å². The fraction of sp³-hybridized carbons (Fsp3) is 0.417. The Labute approximate surface area is 134 Å². The minimum absolute atomic E-state index is 0.0584. The second-order valence-electron chi connectivity index (χ2n) is 4.86. The number of aryl methyl sites for hydroxylation is 1. The van der Waals surface area contributed by atoms with E-state index in [1.807, 2.05) is 0 Å². The number of ether oxygens (including phenoxy) is 1. The zero-order valence-corrected chi connectivity index (χ0v) is 13.1. The highest BCUT2D eigenvalue weighted by Crippen LogP contribution is 2.02. The van der Waals surface area contributed by atoms with Gasteiger partial charge in [0.15, 0.2) is 11.3 Å². The Morgan fingerprint density at radius 3 is 2.67 bits per heavy atom. The standard InChI is InChI=1S/C12H15N7O5/c1-6(20)4-7(24-3)10(21)15-16-11(22)8-9-14-17-18(2)12(23)19(9)5-13-8/h5,7H,4H2,1-3H3,(H,15,21)(H,16,22). The molecule has 0 saturated heterocycles. The van der Waals surface area contributed by atoms with Crippen molar-refractivity contribution in [2.24, 2.45) is 7.05 Å². The molecular weight excluding hydrogens is 322 g/mol. The molecule has 0 aliphatic heterocycles. The van der Waals surface area contributed by atoms with Crippen LogP contribution in [0.3, 0.4) is 0 Å². The number of nitrogens with zero attached hydrogens (tertiary/aromatic N) is 5. The van der Waals surface area contributed by atoms with Gasteiger partial charge in [-0.3, -0.25) is 25.2 Å². The molecule has 0 bridgehead atoms. The van der Waals surface area contributed by atoms with Crippen LogP contribution in [-0.2, 0) is 21.4 Å². The lowest BCUT2D eigenvalue weighted by atomic mass is 10.2. The number of rotatable bonds is 5. The fourth-order valence-corrected chi connectivity index (χ4v) is 1.84. The molecule has 0 spiro atoms. The summed E-state index contributed by atoms with van der Waals surface area (Å²) in [7, 11) is 2.66. The van der Waals surface area contributed by atoms with Gasteiger partial charge in [0.05, 0.1) is 0 Å². The molecule has 2 aromatic rings. The predicted molar refractivity (Wildman–Crippen MR) is 77.7 cm³/mol. The van der Waals surface area contributed by atoms with E-state index in [4.69, 9.17) is 4.74 Å². The van der Waals surface area contributed by atoms with Crippen molar-refractivity contribution in [1.29, 1.82) is 0 Å². The molecule has 2 N–H and O–H groups in total. The monoisotopic (exact) mass is 337 g/mol. The minimum Gasteiger partial charge on any atom is -0.371 e. The normalized spacial score (nSPS) is 12.0. The molecule has 24 heavy (non-hydrogen) atoms. The SMILES string of the molecule is COC(CC(C)=O)C(=O)NNC(=O)c1ncn2c(=O)n(C)nnc12. The maximum absolute atomic E-state index is 12.1. The van der Waals surface area contributed by atoms with Crippen LogP contribution in [0.25, 0.3) is 5.65 Å². The number of imidazole rings is 1. The molecule has 12 nitrogen and oxygen atoms in total. The maximum Gasteiger partial charge on any atom is 0.352 e. The van der Waals surface area contributed by atoms with E-state index in [1.54, 1.807) is 0 Å². The van der Waals surface area contributed by atoms with Gasteiger partial charge in [-0.25, -0.2) is 14.2 Å². The molecular formula is C12H15N7O5. The average molecular weight is 337 g/mol. The van der Waals surface area contributed by atoms with Gasteiger partial charge in [-0.2, -0.15) is 4.68 Å². The Kier molecular flexibility index (Phi) is 4.99. The van der Waals surface area contributed by atoms with Crippen molar-refractivity contribution in [3.63, 3.8) is 0 Å². The molecule has 128 valence electrons. The van der Waals surface area contributed by atoms with Crippen molar-refractivity contribution < 1.29 is 19.1 Å². The van der Waals surface area contributed by atoms with E-state index < -0.39 is 23.6 Å². The molecule has 0 radical (unpaired) electrons. The number of hydrogen-bond acceptors (Lipinski definition) is 8. The lowest BCUT2D eigenvalue weighted by Gasteiger charge is -2.13. The Morgan fingerprint density at radius 1 is 1.33 bits per heavy atom. The molecule has 2 rings (SSSR count). The number of amides is 2. The van der Waals surface area contributed by atoms with Crippen LogP contribution in [0.5, 0.6) is 0 Å². The smallest absolute Gasteiger partial charge is 0.352 e. The number of aromatic nitrogens is 5. The summed E-state index contributed by atoms with van der Waals surface area (Å²) in [5.41, 5.74) is 3.46. The highest BCUT2D eigenvalue weighted by Gasteiger charge is 2.22. The lowest BCUT2D eigenvalue weighted by Crippen LogP contribution is -2.47. The molecule has 0 aliphatic carbocycles. The third kappa shape index (κ3) is 3.43. The largest absolute Gasteiger partial charge is 0.371 e. The molecule has 1 atom stereocenters. The van der Waals surface area contributed by atoms with Crippen LogP contribution in [0.4, 0.5) is 0 Å². The number of hydrazine groups is 1. The van der Waals surface area contributed by atoms with Gasteiger partial charge in [0, 0.05) is 20.6 Å². The van der Waals surface area contributed by atoms with Gasteiger partial charge in [-0.05, 0) is 6.92 Å². The number of fused-ring (bicyclic) bond motifs is 1. The maximum atomic E-state index is 12.1.